The second-order valence-corrected chi connectivity index (χ2v) is 7.23. The summed E-state index contributed by atoms with van der Waals surface area (Å²) in [5.41, 5.74) is 1.39. The van der Waals surface area contributed by atoms with Crippen molar-refractivity contribution in [1.82, 2.24) is 10.2 Å². The van der Waals surface area contributed by atoms with Crippen molar-refractivity contribution in [2.24, 2.45) is 0 Å². The molecule has 1 aromatic heterocycles. The summed E-state index contributed by atoms with van der Waals surface area (Å²) in [6, 6.07) is 2.18. The Morgan fingerprint density at radius 2 is 2.14 bits per heavy atom. The highest BCUT2D eigenvalue weighted by Crippen LogP contribution is 2.19. The van der Waals surface area contributed by atoms with E-state index in [0.717, 1.165) is 37.8 Å². The van der Waals surface area contributed by atoms with E-state index in [0.29, 0.717) is 6.10 Å². The molecule has 0 radical (unpaired) electrons. The number of likely N-dealkylation sites (N-methyl/N-ethyl adjacent to an activating group) is 1. The van der Waals surface area contributed by atoms with Crippen LogP contribution >= 0.6 is 0 Å². The Kier molecular flexibility index (Phi) is 5.47. The highest BCUT2D eigenvalue weighted by Gasteiger charge is 2.19. The maximum absolute atomic E-state index is 5.86. The van der Waals surface area contributed by atoms with E-state index in [1.165, 1.54) is 18.4 Å². The molecule has 2 heterocycles. The van der Waals surface area contributed by atoms with Crippen LogP contribution in [0.2, 0.25) is 0 Å². The largest absolute Gasteiger partial charge is 0.465 e. The van der Waals surface area contributed by atoms with E-state index in [4.69, 9.17) is 9.15 Å². The van der Waals surface area contributed by atoms with Gasteiger partial charge in [-0.25, -0.2) is 0 Å². The lowest BCUT2D eigenvalue weighted by molar-refractivity contribution is 0.0792. The van der Waals surface area contributed by atoms with Crippen molar-refractivity contribution in [1.29, 1.82) is 0 Å². The summed E-state index contributed by atoms with van der Waals surface area (Å²) in [6.45, 7) is 12.2. The van der Waals surface area contributed by atoms with Crippen LogP contribution in [-0.2, 0) is 17.8 Å². The average Bonchev–Trinajstić information content (AvgIpc) is 2.97. The van der Waals surface area contributed by atoms with Gasteiger partial charge in [0.05, 0.1) is 12.6 Å². The van der Waals surface area contributed by atoms with Crippen LogP contribution in [0.1, 0.15) is 50.7 Å². The molecule has 1 aliphatic rings. The van der Waals surface area contributed by atoms with Crippen LogP contribution in [0.4, 0.5) is 0 Å². The molecule has 0 saturated carbocycles. The first-order valence-corrected chi connectivity index (χ1v) is 7.97. The van der Waals surface area contributed by atoms with Gasteiger partial charge in [-0.3, -0.25) is 4.90 Å². The van der Waals surface area contributed by atoms with E-state index in [-0.39, 0.29) is 5.54 Å². The predicted molar refractivity (Wildman–Crippen MR) is 85.3 cm³/mol. The van der Waals surface area contributed by atoms with Gasteiger partial charge in [0.1, 0.15) is 11.5 Å². The van der Waals surface area contributed by atoms with Crippen molar-refractivity contribution in [2.45, 2.75) is 65.3 Å². The van der Waals surface area contributed by atoms with Gasteiger partial charge in [0, 0.05) is 30.8 Å². The monoisotopic (exact) mass is 294 g/mol. The first-order valence-electron chi connectivity index (χ1n) is 7.97. The van der Waals surface area contributed by atoms with Gasteiger partial charge in [0.15, 0.2) is 0 Å². The molecule has 1 fully saturated rings. The highest BCUT2D eigenvalue weighted by molar-refractivity contribution is 5.20. The average molecular weight is 294 g/mol. The molecule has 0 bridgehead atoms. The fourth-order valence-corrected chi connectivity index (χ4v) is 2.68. The fraction of sp³-hybridized carbons (Fsp3) is 0.765. The molecule has 0 aromatic carbocycles. The molecule has 0 amide bonds. The molecule has 2 rings (SSSR count). The first kappa shape index (κ1) is 16.5. The van der Waals surface area contributed by atoms with Crippen molar-refractivity contribution < 1.29 is 9.15 Å². The van der Waals surface area contributed by atoms with Crippen molar-refractivity contribution in [3.63, 3.8) is 0 Å². The third-order valence-electron chi connectivity index (χ3n) is 3.84. The zero-order valence-electron chi connectivity index (χ0n) is 14.2. The number of ether oxygens (including phenoxy) is 1. The molecule has 1 N–H and O–H groups in total. The number of aryl methyl sites for hydroxylation is 1. The topological polar surface area (TPSA) is 37.6 Å². The first-order chi connectivity index (χ1) is 9.83. The minimum atomic E-state index is 0.109. The van der Waals surface area contributed by atoms with Crippen molar-refractivity contribution in [3.05, 3.63) is 23.2 Å². The van der Waals surface area contributed by atoms with E-state index in [1.54, 1.807) is 0 Å². The molecule has 1 atom stereocenters. The Hall–Kier alpha value is -0.840. The Labute approximate surface area is 128 Å². The number of furan rings is 1. The van der Waals surface area contributed by atoms with Crippen LogP contribution in [0, 0.1) is 6.92 Å². The van der Waals surface area contributed by atoms with Gasteiger partial charge >= 0.3 is 0 Å². The van der Waals surface area contributed by atoms with Crippen molar-refractivity contribution >= 4 is 0 Å². The van der Waals surface area contributed by atoms with Crippen LogP contribution in [-0.4, -0.2) is 36.7 Å². The van der Waals surface area contributed by atoms with E-state index >= 15 is 0 Å². The number of rotatable bonds is 6. The molecule has 21 heavy (non-hydrogen) atoms. The molecule has 120 valence electrons. The van der Waals surface area contributed by atoms with Crippen molar-refractivity contribution in [3.8, 4) is 0 Å². The van der Waals surface area contributed by atoms with Crippen molar-refractivity contribution in [2.75, 3.05) is 20.2 Å². The Balaban J connectivity index is 1.86. The maximum Gasteiger partial charge on any atom is 0.118 e. The maximum atomic E-state index is 5.86. The molecule has 4 heteroatoms. The van der Waals surface area contributed by atoms with Gasteiger partial charge < -0.3 is 14.5 Å². The van der Waals surface area contributed by atoms with Crippen LogP contribution in [0.5, 0.6) is 0 Å². The lowest BCUT2D eigenvalue weighted by Gasteiger charge is -2.20. The second-order valence-electron chi connectivity index (χ2n) is 7.23. The molecular formula is C17H30N2O2. The Morgan fingerprint density at radius 3 is 2.76 bits per heavy atom. The second kappa shape index (κ2) is 6.95. The summed E-state index contributed by atoms with van der Waals surface area (Å²) < 4.78 is 11.6. The van der Waals surface area contributed by atoms with Crippen LogP contribution in [0.25, 0.3) is 0 Å². The molecule has 1 aliphatic heterocycles. The number of nitrogens with zero attached hydrogens (tertiary/aromatic N) is 1. The third kappa shape index (κ3) is 5.46. The van der Waals surface area contributed by atoms with Gasteiger partial charge in [-0.2, -0.15) is 0 Å². The van der Waals surface area contributed by atoms with E-state index in [1.807, 2.05) is 0 Å². The van der Waals surface area contributed by atoms with Crippen LogP contribution in [0.3, 0.4) is 0 Å². The normalized spacial score (nSPS) is 19.6. The summed E-state index contributed by atoms with van der Waals surface area (Å²) >= 11 is 0. The Bertz CT molecular complexity index is 442. The molecule has 1 aromatic rings. The predicted octanol–water partition coefficient (Wildman–Crippen LogP) is 3.09. The molecule has 0 aliphatic carbocycles. The Morgan fingerprint density at radius 1 is 1.38 bits per heavy atom. The minimum Gasteiger partial charge on any atom is -0.465 e. The summed E-state index contributed by atoms with van der Waals surface area (Å²) in [7, 11) is 2.15. The van der Waals surface area contributed by atoms with Gasteiger partial charge in [-0.15, -0.1) is 0 Å². The molecule has 1 unspecified atom stereocenters. The van der Waals surface area contributed by atoms with E-state index < -0.39 is 0 Å². The molecule has 4 nitrogen and oxygen atoms in total. The third-order valence-corrected chi connectivity index (χ3v) is 3.84. The van der Waals surface area contributed by atoms with E-state index in [2.05, 4.69) is 51.0 Å². The summed E-state index contributed by atoms with van der Waals surface area (Å²) in [5.74, 6) is 2.04. The highest BCUT2D eigenvalue weighted by atomic mass is 16.5. The smallest absolute Gasteiger partial charge is 0.118 e. The van der Waals surface area contributed by atoms with Gasteiger partial charge in [-0.05, 0) is 53.7 Å². The van der Waals surface area contributed by atoms with Crippen LogP contribution < -0.4 is 5.32 Å². The summed E-state index contributed by atoms with van der Waals surface area (Å²) in [4.78, 5) is 2.33. The summed E-state index contributed by atoms with van der Waals surface area (Å²) in [5, 5.41) is 3.46. The molecule has 1 saturated heterocycles. The zero-order valence-corrected chi connectivity index (χ0v) is 14.2. The summed E-state index contributed by atoms with van der Waals surface area (Å²) in [6.07, 6.45) is 2.80. The van der Waals surface area contributed by atoms with E-state index in [9.17, 15) is 0 Å². The number of nitrogens with one attached hydrogen (secondary N) is 1. The number of hydrogen-bond donors (Lipinski definition) is 1. The minimum absolute atomic E-state index is 0.109. The fourth-order valence-electron chi connectivity index (χ4n) is 2.68. The zero-order chi connectivity index (χ0) is 15.5. The number of hydrogen-bond acceptors (Lipinski definition) is 4. The van der Waals surface area contributed by atoms with Crippen LogP contribution in [0.15, 0.2) is 10.5 Å². The SMILES string of the molecule is Cc1oc(CNC(C)(C)C)cc1CN(C)CC1CCCO1. The quantitative estimate of drug-likeness (QED) is 0.875. The van der Waals surface area contributed by atoms with Gasteiger partial charge in [0.2, 0.25) is 0 Å². The van der Waals surface area contributed by atoms with Gasteiger partial charge in [0.25, 0.3) is 0 Å². The van der Waals surface area contributed by atoms with Gasteiger partial charge in [-0.1, -0.05) is 0 Å². The lowest BCUT2D eigenvalue weighted by Crippen LogP contribution is -2.34. The standard InChI is InChI=1S/C17H30N2O2/c1-13-14(9-16(21-13)10-18-17(2,3)4)11-19(5)12-15-7-6-8-20-15/h9,15,18H,6-8,10-12H2,1-5H3. The molecule has 0 spiro atoms. The molecular weight excluding hydrogens is 264 g/mol. The lowest BCUT2D eigenvalue weighted by atomic mass is 10.1.